The van der Waals surface area contributed by atoms with E-state index in [9.17, 15) is 10.2 Å². The molecule has 4 aromatic rings. The van der Waals surface area contributed by atoms with Gasteiger partial charge in [0.25, 0.3) is 0 Å². The second-order valence-corrected chi connectivity index (χ2v) is 6.35. The highest BCUT2D eigenvalue weighted by molar-refractivity contribution is 6.34. The van der Waals surface area contributed by atoms with E-state index in [4.69, 9.17) is 11.6 Å². The van der Waals surface area contributed by atoms with Gasteiger partial charge in [0, 0.05) is 11.1 Å². The zero-order chi connectivity index (χ0) is 16.8. The molecule has 0 fully saturated rings. The minimum Gasteiger partial charge on any atom is -0.507 e. The molecule has 0 bridgehead atoms. The molecule has 0 aromatic heterocycles. The minimum absolute atomic E-state index is 0.0126. The van der Waals surface area contributed by atoms with Gasteiger partial charge in [-0.1, -0.05) is 60.1 Å². The average molecular weight is 335 g/mol. The van der Waals surface area contributed by atoms with E-state index in [1.165, 1.54) is 0 Å². The summed E-state index contributed by atoms with van der Waals surface area (Å²) >= 11 is 6.25. The van der Waals surface area contributed by atoms with Gasteiger partial charge in [0.1, 0.15) is 11.5 Å². The van der Waals surface area contributed by atoms with Crippen LogP contribution in [0.5, 0.6) is 11.5 Å². The molecule has 4 aromatic carbocycles. The predicted octanol–water partition coefficient (Wildman–Crippen LogP) is 6.03. The summed E-state index contributed by atoms with van der Waals surface area (Å²) in [4.78, 5) is 0. The van der Waals surface area contributed by atoms with Crippen LogP contribution in [-0.4, -0.2) is 10.2 Å². The van der Waals surface area contributed by atoms with Gasteiger partial charge in [0.05, 0.1) is 5.02 Å². The Morgan fingerprint density at radius 2 is 1.21 bits per heavy atom. The van der Waals surface area contributed by atoms with E-state index in [-0.39, 0.29) is 16.5 Å². The quantitative estimate of drug-likeness (QED) is 0.446. The third-order valence-electron chi connectivity index (χ3n) is 4.44. The Labute approximate surface area is 144 Å². The number of aryl methyl sites for hydroxylation is 1. The van der Waals surface area contributed by atoms with Crippen LogP contribution in [0.4, 0.5) is 0 Å². The second kappa shape index (κ2) is 5.43. The van der Waals surface area contributed by atoms with E-state index in [1.807, 2.05) is 61.5 Å². The third-order valence-corrected chi connectivity index (χ3v) is 4.73. The van der Waals surface area contributed by atoms with Crippen molar-refractivity contribution < 1.29 is 10.2 Å². The van der Waals surface area contributed by atoms with Crippen molar-refractivity contribution in [3.05, 3.63) is 71.2 Å². The maximum Gasteiger partial charge on any atom is 0.142 e. The lowest BCUT2D eigenvalue weighted by molar-refractivity contribution is 0.468. The van der Waals surface area contributed by atoms with E-state index in [2.05, 4.69) is 0 Å². The highest BCUT2D eigenvalue weighted by atomic mass is 35.5. The molecular weight excluding hydrogens is 320 g/mol. The lowest BCUT2D eigenvalue weighted by Crippen LogP contribution is -1.89. The van der Waals surface area contributed by atoms with Crippen LogP contribution in [0.25, 0.3) is 32.7 Å². The summed E-state index contributed by atoms with van der Waals surface area (Å²) in [6.45, 7) is 1.86. The van der Waals surface area contributed by atoms with Gasteiger partial charge >= 0.3 is 0 Å². The molecule has 0 aliphatic carbocycles. The van der Waals surface area contributed by atoms with E-state index in [1.54, 1.807) is 6.07 Å². The number of phenols is 2. The molecule has 118 valence electrons. The fourth-order valence-corrected chi connectivity index (χ4v) is 3.50. The summed E-state index contributed by atoms with van der Waals surface area (Å²) in [5, 5.41) is 25.4. The second-order valence-electron chi connectivity index (χ2n) is 5.94. The Morgan fingerprint density at radius 1 is 0.708 bits per heavy atom. The zero-order valence-electron chi connectivity index (χ0n) is 13.0. The Morgan fingerprint density at radius 3 is 1.83 bits per heavy atom. The first-order valence-corrected chi connectivity index (χ1v) is 8.07. The first kappa shape index (κ1) is 14.9. The van der Waals surface area contributed by atoms with E-state index >= 15 is 0 Å². The fraction of sp³-hybridized carbons (Fsp3) is 0.0476. The lowest BCUT2D eigenvalue weighted by atomic mass is 9.90. The molecule has 0 unspecified atom stereocenters. The van der Waals surface area contributed by atoms with Gasteiger partial charge in [0.15, 0.2) is 0 Å². The van der Waals surface area contributed by atoms with Gasteiger partial charge < -0.3 is 10.2 Å². The molecule has 4 rings (SSSR count). The number of phenolic OH excluding ortho intramolecular Hbond substituents is 2. The molecule has 2 nitrogen and oxygen atoms in total. The standard InChI is InChI=1S/C21H15ClO2/c1-12-10-13-6-2-4-8-15(13)18(20(12)23)19-16-9-5-3-7-14(16)11-17(22)21(19)24/h2-11,23-24H,1H3. The molecule has 0 amide bonds. The Balaban J connectivity index is 2.26. The molecule has 0 radical (unpaired) electrons. The van der Waals surface area contributed by atoms with Crippen molar-refractivity contribution in [2.45, 2.75) is 6.92 Å². The first-order valence-electron chi connectivity index (χ1n) is 7.70. The van der Waals surface area contributed by atoms with Crippen LogP contribution in [-0.2, 0) is 0 Å². The maximum atomic E-state index is 10.8. The van der Waals surface area contributed by atoms with Gasteiger partial charge in [0.2, 0.25) is 0 Å². The summed E-state index contributed by atoms with van der Waals surface area (Å²) in [5.41, 5.74) is 1.93. The van der Waals surface area contributed by atoms with Crippen molar-refractivity contribution >= 4 is 33.1 Å². The molecule has 0 heterocycles. The number of halogens is 1. The lowest BCUT2D eigenvalue weighted by Gasteiger charge is -2.16. The summed E-state index contributed by atoms with van der Waals surface area (Å²) in [7, 11) is 0. The highest BCUT2D eigenvalue weighted by Gasteiger charge is 2.20. The molecule has 0 aliphatic rings. The van der Waals surface area contributed by atoms with Crippen molar-refractivity contribution in [1.29, 1.82) is 0 Å². The SMILES string of the molecule is Cc1cc2ccccc2c(-c2c(O)c(Cl)cc3ccccc23)c1O. The third kappa shape index (κ3) is 2.11. The fourth-order valence-electron chi connectivity index (χ4n) is 3.29. The van der Waals surface area contributed by atoms with Gasteiger partial charge in [-0.25, -0.2) is 0 Å². The molecule has 0 atom stereocenters. The summed E-state index contributed by atoms with van der Waals surface area (Å²) < 4.78 is 0. The predicted molar refractivity (Wildman–Crippen MR) is 100.0 cm³/mol. The molecule has 2 N–H and O–H groups in total. The van der Waals surface area contributed by atoms with Crippen LogP contribution in [0.2, 0.25) is 5.02 Å². The summed E-state index contributed by atoms with van der Waals surface area (Å²) in [6, 6.07) is 19.2. The number of benzene rings is 4. The Kier molecular flexibility index (Phi) is 3.36. The van der Waals surface area contributed by atoms with Gasteiger partial charge in [-0.15, -0.1) is 0 Å². The monoisotopic (exact) mass is 334 g/mol. The van der Waals surface area contributed by atoms with E-state index < -0.39 is 0 Å². The average Bonchev–Trinajstić information content (AvgIpc) is 2.58. The summed E-state index contributed by atoms with van der Waals surface area (Å²) in [6.07, 6.45) is 0. The number of hydrogen-bond acceptors (Lipinski definition) is 2. The first-order chi connectivity index (χ1) is 11.6. The smallest absolute Gasteiger partial charge is 0.142 e. The zero-order valence-corrected chi connectivity index (χ0v) is 13.8. The van der Waals surface area contributed by atoms with Crippen molar-refractivity contribution in [3.8, 4) is 22.6 Å². The van der Waals surface area contributed by atoms with Crippen LogP contribution >= 0.6 is 11.6 Å². The topological polar surface area (TPSA) is 40.5 Å². The number of aromatic hydroxyl groups is 2. The van der Waals surface area contributed by atoms with Crippen molar-refractivity contribution in [2.24, 2.45) is 0 Å². The van der Waals surface area contributed by atoms with Crippen molar-refractivity contribution in [3.63, 3.8) is 0 Å². The van der Waals surface area contributed by atoms with Gasteiger partial charge in [-0.05, 0) is 46.2 Å². The van der Waals surface area contributed by atoms with Crippen LogP contribution in [0.15, 0.2) is 60.7 Å². The molecule has 0 saturated heterocycles. The Bertz CT molecular complexity index is 1010. The molecule has 0 aliphatic heterocycles. The molecule has 0 spiro atoms. The summed E-state index contributed by atoms with van der Waals surface area (Å²) in [5.74, 6) is 0.151. The van der Waals surface area contributed by atoms with E-state index in [0.717, 1.165) is 27.1 Å². The Hall–Kier alpha value is -2.71. The normalized spacial score (nSPS) is 11.2. The highest BCUT2D eigenvalue weighted by Crippen LogP contribution is 2.48. The van der Waals surface area contributed by atoms with Crippen LogP contribution in [0, 0.1) is 6.92 Å². The number of fused-ring (bicyclic) bond motifs is 2. The van der Waals surface area contributed by atoms with Crippen LogP contribution in [0.3, 0.4) is 0 Å². The van der Waals surface area contributed by atoms with Gasteiger partial charge in [-0.3, -0.25) is 0 Å². The molecule has 3 heteroatoms. The van der Waals surface area contributed by atoms with Crippen molar-refractivity contribution in [1.82, 2.24) is 0 Å². The van der Waals surface area contributed by atoms with Gasteiger partial charge in [-0.2, -0.15) is 0 Å². The van der Waals surface area contributed by atoms with Crippen LogP contribution < -0.4 is 0 Å². The number of rotatable bonds is 1. The van der Waals surface area contributed by atoms with Crippen LogP contribution in [0.1, 0.15) is 5.56 Å². The molecule has 24 heavy (non-hydrogen) atoms. The molecule has 0 saturated carbocycles. The minimum atomic E-state index is -0.0126. The van der Waals surface area contributed by atoms with Crippen molar-refractivity contribution in [2.75, 3.05) is 0 Å². The largest absolute Gasteiger partial charge is 0.507 e. The van der Waals surface area contributed by atoms with E-state index in [0.29, 0.717) is 11.1 Å². The number of hydrogen-bond donors (Lipinski definition) is 2. The molecular formula is C21H15ClO2. The maximum absolute atomic E-state index is 10.8.